The molecule has 1 amide bonds. The molecule has 0 bridgehead atoms. The molecule has 2 N–H and O–H groups in total. The molecule has 102 valence electrons. The van der Waals surface area contributed by atoms with E-state index in [1.165, 1.54) is 11.3 Å². The van der Waals surface area contributed by atoms with Gasteiger partial charge in [-0.1, -0.05) is 0 Å². The summed E-state index contributed by atoms with van der Waals surface area (Å²) in [6, 6.07) is 0. The molecule has 0 atom stereocenters. The zero-order valence-corrected chi connectivity index (χ0v) is 11.9. The Balaban J connectivity index is 0.00000162. The number of amides is 1. The molecule has 1 aromatic rings. The zero-order valence-electron chi connectivity index (χ0n) is 10.3. The molecule has 0 aromatic carbocycles. The maximum atomic E-state index is 11.9. The fourth-order valence-corrected chi connectivity index (χ4v) is 2.57. The van der Waals surface area contributed by atoms with E-state index < -0.39 is 0 Å². The van der Waals surface area contributed by atoms with Crippen LogP contribution >= 0.6 is 23.7 Å². The van der Waals surface area contributed by atoms with Gasteiger partial charge < -0.3 is 15.4 Å². The van der Waals surface area contributed by atoms with E-state index in [1.54, 1.807) is 7.11 Å². The van der Waals surface area contributed by atoms with Gasteiger partial charge in [-0.25, -0.2) is 4.98 Å². The Bertz CT molecular complexity index is 380. The average molecular weight is 292 g/mol. The normalized spacial score (nSPS) is 16.1. The van der Waals surface area contributed by atoms with Gasteiger partial charge in [0.05, 0.1) is 12.3 Å². The number of ether oxygens (including phenoxy) is 1. The SMILES string of the molecule is COCc1csc(NC(=O)C2CCNCC2)n1.Cl. The van der Waals surface area contributed by atoms with Crippen LogP contribution in [-0.2, 0) is 16.1 Å². The van der Waals surface area contributed by atoms with E-state index in [0.29, 0.717) is 11.7 Å². The number of nitrogens with one attached hydrogen (secondary N) is 2. The van der Waals surface area contributed by atoms with Gasteiger partial charge in [0, 0.05) is 18.4 Å². The Hall–Kier alpha value is -0.690. The van der Waals surface area contributed by atoms with Crippen LogP contribution in [-0.4, -0.2) is 31.1 Å². The number of rotatable bonds is 4. The van der Waals surface area contributed by atoms with Crippen molar-refractivity contribution < 1.29 is 9.53 Å². The van der Waals surface area contributed by atoms with Gasteiger partial charge in [0.15, 0.2) is 5.13 Å². The highest BCUT2D eigenvalue weighted by atomic mass is 35.5. The quantitative estimate of drug-likeness (QED) is 0.885. The van der Waals surface area contributed by atoms with Gasteiger partial charge in [0.25, 0.3) is 0 Å². The lowest BCUT2D eigenvalue weighted by Crippen LogP contribution is -2.34. The molecule has 2 rings (SSSR count). The fraction of sp³-hybridized carbons (Fsp3) is 0.636. The molecule has 0 aliphatic carbocycles. The smallest absolute Gasteiger partial charge is 0.229 e. The molecular weight excluding hydrogens is 274 g/mol. The number of carbonyl (C=O) groups excluding carboxylic acids is 1. The number of halogens is 1. The monoisotopic (exact) mass is 291 g/mol. The van der Waals surface area contributed by atoms with Crippen LogP contribution in [0.25, 0.3) is 0 Å². The number of carbonyl (C=O) groups is 1. The number of methoxy groups -OCH3 is 1. The molecule has 0 spiro atoms. The van der Waals surface area contributed by atoms with Crippen LogP contribution in [0.3, 0.4) is 0 Å². The van der Waals surface area contributed by atoms with Crippen molar-refractivity contribution in [3.05, 3.63) is 11.1 Å². The van der Waals surface area contributed by atoms with Crippen LogP contribution in [0.15, 0.2) is 5.38 Å². The number of thiazole rings is 1. The Morgan fingerprint density at radius 2 is 2.33 bits per heavy atom. The van der Waals surface area contributed by atoms with Gasteiger partial charge in [0.1, 0.15) is 0 Å². The lowest BCUT2D eigenvalue weighted by Gasteiger charge is -2.20. The standard InChI is InChI=1S/C11H17N3O2S.ClH/c1-16-6-9-7-17-11(13-9)14-10(15)8-2-4-12-5-3-8;/h7-8,12H,2-6H2,1H3,(H,13,14,15);1H. The lowest BCUT2D eigenvalue weighted by atomic mass is 9.97. The first-order valence-corrected chi connectivity index (χ1v) is 6.62. The minimum Gasteiger partial charge on any atom is -0.378 e. The third-order valence-electron chi connectivity index (χ3n) is 2.78. The van der Waals surface area contributed by atoms with Crippen molar-refractivity contribution in [2.45, 2.75) is 19.4 Å². The fourth-order valence-electron chi connectivity index (χ4n) is 1.87. The van der Waals surface area contributed by atoms with E-state index in [4.69, 9.17) is 4.74 Å². The lowest BCUT2D eigenvalue weighted by molar-refractivity contribution is -0.120. The highest BCUT2D eigenvalue weighted by molar-refractivity contribution is 7.13. The summed E-state index contributed by atoms with van der Waals surface area (Å²) in [5.74, 6) is 0.204. The number of nitrogens with zero attached hydrogens (tertiary/aromatic N) is 1. The number of hydrogen-bond donors (Lipinski definition) is 2. The first kappa shape index (κ1) is 15.4. The first-order chi connectivity index (χ1) is 8.29. The van der Waals surface area contributed by atoms with Crippen LogP contribution in [0, 0.1) is 5.92 Å². The van der Waals surface area contributed by atoms with E-state index in [0.717, 1.165) is 31.6 Å². The number of piperidine rings is 1. The molecule has 7 heteroatoms. The molecule has 1 fully saturated rings. The Kier molecular flexibility index (Phi) is 6.56. The van der Waals surface area contributed by atoms with Crippen molar-refractivity contribution in [3.8, 4) is 0 Å². The summed E-state index contributed by atoms with van der Waals surface area (Å²) in [7, 11) is 1.63. The topological polar surface area (TPSA) is 63.2 Å². The van der Waals surface area contributed by atoms with E-state index in [9.17, 15) is 4.79 Å². The van der Waals surface area contributed by atoms with Gasteiger partial charge in [-0.05, 0) is 25.9 Å². The van der Waals surface area contributed by atoms with Gasteiger partial charge in [0.2, 0.25) is 5.91 Å². The summed E-state index contributed by atoms with van der Waals surface area (Å²) < 4.78 is 4.99. The summed E-state index contributed by atoms with van der Waals surface area (Å²) in [4.78, 5) is 16.2. The molecule has 1 aliphatic rings. The zero-order chi connectivity index (χ0) is 12.1. The summed E-state index contributed by atoms with van der Waals surface area (Å²) in [6.45, 7) is 2.33. The Morgan fingerprint density at radius 1 is 1.61 bits per heavy atom. The second kappa shape index (κ2) is 7.68. The molecule has 0 saturated carbocycles. The second-order valence-electron chi connectivity index (χ2n) is 4.09. The van der Waals surface area contributed by atoms with Gasteiger partial charge in [-0.15, -0.1) is 23.7 Å². The highest BCUT2D eigenvalue weighted by Crippen LogP contribution is 2.19. The van der Waals surface area contributed by atoms with E-state index in [1.807, 2.05) is 5.38 Å². The molecule has 2 heterocycles. The molecule has 0 radical (unpaired) electrons. The average Bonchev–Trinajstić information content (AvgIpc) is 2.78. The minimum absolute atomic E-state index is 0. The van der Waals surface area contributed by atoms with Crippen LogP contribution < -0.4 is 10.6 Å². The van der Waals surface area contributed by atoms with Crippen molar-refractivity contribution >= 4 is 34.8 Å². The molecule has 5 nitrogen and oxygen atoms in total. The first-order valence-electron chi connectivity index (χ1n) is 5.74. The summed E-state index contributed by atoms with van der Waals surface area (Å²) in [5, 5.41) is 8.69. The molecule has 1 aromatic heterocycles. The molecule has 1 saturated heterocycles. The van der Waals surface area contributed by atoms with Crippen LogP contribution in [0.5, 0.6) is 0 Å². The summed E-state index contributed by atoms with van der Waals surface area (Å²) in [5.41, 5.74) is 0.859. The predicted molar refractivity (Wildman–Crippen MR) is 74.3 cm³/mol. The third-order valence-corrected chi connectivity index (χ3v) is 3.59. The summed E-state index contributed by atoms with van der Waals surface area (Å²) >= 11 is 1.44. The largest absolute Gasteiger partial charge is 0.378 e. The van der Waals surface area contributed by atoms with Crippen LogP contribution in [0.2, 0.25) is 0 Å². The van der Waals surface area contributed by atoms with Crippen molar-refractivity contribution in [3.63, 3.8) is 0 Å². The maximum Gasteiger partial charge on any atom is 0.229 e. The molecule has 0 unspecified atom stereocenters. The van der Waals surface area contributed by atoms with Crippen molar-refractivity contribution in [1.82, 2.24) is 10.3 Å². The summed E-state index contributed by atoms with van der Waals surface area (Å²) in [6.07, 6.45) is 1.81. The van der Waals surface area contributed by atoms with Crippen molar-refractivity contribution in [2.75, 3.05) is 25.5 Å². The Morgan fingerprint density at radius 3 is 3.00 bits per heavy atom. The number of aromatic nitrogens is 1. The van der Waals surface area contributed by atoms with Crippen LogP contribution in [0.1, 0.15) is 18.5 Å². The minimum atomic E-state index is 0. The third kappa shape index (κ3) is 4.20. The number of hydrogen-bond acceptors (Lipinski definition) is 5. The molecular formula is C11H18ClN3O2S. The molecule has 18 heavy (non-hydrogen) atoms. The highest BCUT2D eigenvalue weighted by Gasteiger charge is 2.21. The maximum absolute atomic E-state index is 11.9. The van der Waals surface area contributed by atoms with Gasteiger partial charge >= 0.3 is 0 Å². The van der Waals surface area contributed by atoms with Crippen molar-refractivity contribution in [2.24, 2.45) is 5.92 Å². The van der Waals surface area contributed by atoms with Gasteiger partial charge in [-0.3, -0.25) is 4.79 Å². The number of anilines is 1. The van der Waals surface area contributed by atoms with Crippen LogP contribution in [0.4, 0.5) is 5.13 Å². The molecule has 1 aliphatic heterocycles. The van der Waals surface area contributed by atoms with E-state index in [-0.39, 0.29) is 24.2 Å². The van der Waals surface area contributed by atoms with Crippen molar-refractivity contribution in [1.29, 1.82) is 0 Å². The Labute approximate surface area is 117 Å². The predicted octanol–water partition coefficient (Wildman–Crippen LogP) is 1.65. The second-order valence-corrected chi connectivity index (χ2v) is 4.95. The van der Waals surface area contributed by atoms with Gasteiger partial charge in [-0.2, -0.15) is 0 Å². The van der Waals surface area contributed by atoms with E-state index in [2.05, 4.69) is 15.6 Å². The van der Waals surface area contributed by atoms with E-state index >= 15 is 0 Å².